The molecule has 0 saturated heterocycles. The van der Waals surface area contributed by atoms with Gasteiger partial charge in [0.25, 0.3) is 0 Å². The van der Waals surface area contributed by atoms with Gasteiger partial charge in [-0.1, -0.05) is 94.7 Å². The molecule has 3 aromatic carbocycles. The Kier molecular flexibility index (Phi) is 12.0. The third kappa shape index (κ3) is 8.71. The zero-order valence-electron chi connectivity index (χ0n) is 27.6. The Morgan fingerprint density at radius 2 is 1.16 bits per heavy atom. The van der Waals surface area contributed by atoms with Gasteiger partial charge in [0, 0.05) is 21.5 Å². The number of aryl methyl sites for hydroxylation is 1. The molecule has 3 aromatic rings. The number of carbonyl (C=O) groups excluding carboxylic acids is 2. The Labute approximate surface area is 269 Å². The zero-order valence-corrected chi connectivity index (χ0v) is 27.6. The number of rotatable bonds is 14. The van der Waals surface area contributed by atoms with Gasteiger partial charge in [0.05, 0.1) is 0 Å². The largest absolute Gasteiger partial charge is 0.481 e. The topological polar surface area (TPSA) is 71.1 Å². The van der Waals surface area contributed by atoms with E-state index < -0.39 is 0 Å². The lowest BCUT2D eigenvalue weighted by Crippen LogP contribution is -2.28. The van der Waals surface area contributed by atoms with Crippen LogP contribution in [0.3, 0.4) is 0 Å². The third-order valence-electron chi connectivity index (χ3n) is 9.99. The highest BCUT2D eigenvalue weighted by Crippen LogP contribution is 2.43. The molecule has 244 valence electrons. The fourth-order valence-electron chi connectivity index (χ4n) is 7.34. The normalized spacial score (nSPS) is 17.6. The highest BCUT2D eigenvalue weighted by atomic mass is 16.6. The first-order chi connectivity index (χ1) is 21.9. The van der Waals surface area contributed by atoms with E-state index in [1.165, 1.54) is 50.5 Å². The van der Waals surface area contributed by atoms with Crippen LogP contribution in [0, 0.1) is 11.8 Å². The van der Waals surface area contributed by atoms with Gasteiger partial charge in [-0.25, -0.2) is 9.59 Å². The predicted molar refractivity (Wildman–Crippen MR) is 180 cm³/mol. The first kappa shape index (κ1) is 33.1. The molecule has 6 nitrogen and oxygen atoms in total. The van der Waals surface area contributed by atoms with Crippen molar-refractivity contribution in [2.24, 2.45) is 11.8 Å². The van der Waals surface area contributed by atoms with Crippen LogP contribution in [0.2, 0.25) is 0 Å². The summed E-state index contributed by atoms with van der Waals surface area (Å²) in [4.78, 5) is 26.0. The Morgan fingerprint density at radius 1 is 0.667 bits per heavy atom. The van der Waals surface area contributed by atoms with Gasteiger partial charge in [-0.05, 0) is 75.8 Å². The van der Waals surface area contributed by atoms with Crippen LogP contribution >= 0.6 is 0 Å². The van der Waals surface area contributed by atoms with Crippen molar-refractivity contribution in [3.05, 3.63) is 48.0 Å². The number of hydrogen-bond acceptors (Lipinski definition) is 6. The molecular weight excluding hydrogens is 564 g/mol. The second-order valence-electron chi connectivity index (χ2n) is 13.3. The van der Waals surface area contributed by atoms with Gasteiger partial charge in [0.15, 0.2) is 13.2 Å². The number of esters is 2. The molecule has 2 aliphatic rings. The molecule has 2 atom stereocenters. The summed E-state index contributed by atoms with van der Waals surface area (Å²) >= 11 is 0. The van der Waals surface area contributed by atoms with Crippen LogP contribution in [0.25, 0.3) is 21.5 Å². The number of hydrogen-bond donors (Lipinski definition) is 0. The van der Waals surface area contributed by atoms with Crippen LogP contribution in [0.1, 0.15) is 110 Å². The maximum absolute atomic E-state index is 13.0. The van der Waals surface area contributed by atoms with E-state index in [0.717, 1.165) is 66.5 Å². The highest BCUT2D eigenvalue weighted by molar-refractivity contribution is 6.11. The van der Waals surface area contributed by atoms with Gasteiger partial charge in [0.2, 0.25) is 0 Å². The van der Waals surface area contributed by atoms with Crippen LogP contribution in [0.15, 0.2) is 42.5 Å². The average Bonchev–Trinajstić information content (AvgIpc) is 3.07. The molecule has 5 rings (SSSR count). The number of fused-ring (bicyclic) bond motifs is 2. The third-order valence-corrected chi connectivity index (χ3v) is 9.99. The summed E-state index contributed by atoms with van der Waals surface area (Å²) in [5.41, 5.74) is 1.20. The molecule has 2 fully saturated rings. The second kappa shape index (κ2) is 16.3. The smallest absolute Gasteiger partial charge is 0.344 e. The molecule has 0 aromatic heterocycles. The summed E-state index contributed by atoms with van der Waals surface area (Å²) < 4.78 is 24.3. The van der Waals surface area contributed by atoms with Crippen molar-refractivity contribution in [2.45, 2.75) is 123 Å². The van der Waals surface area contributed by atoms with Gasteiger partial charge in [-0.2, -0.15) is 0 Å². The minimum Gasteiger partial charge on any atom is -0.481 e. The molecule has 45 heavy (non-hydrogen) atoms. The van der Waals surface area contributed by atoms with E-state index in [-0.39, 0.29) is 37.4 Å². The molecule has 2 saturated carbocycles. The molecule has 0 radical (unpaired) electrons. The highest BCUT2D eigenvalue weighted by Gasteiger charge is 2.26. The molecule has 0 bridgehead atoms. The quantitative estimate of drug-likeness (QED) is 0.102. The monoisotopic (exact) mass is 616 g/mol. The molecule has 2 aliphatic carbocycles. The summed E-state index contributed by atoms with van der Waals surface area (Å²) in [6, 6.07) is 14.2. The van der Waals surface area contributed by atoms with Crippen molar-refractivity contribution in [3.63, 3.8) is 0 Å². The Hall–Kier alpha value is -3.28. The van der Waals surface area contributed by atoms with Gasteiger partial charge in [-0.3, -0.25) is 0 Å². The first-order valence-electron chi connectivity index (χ1n) is 17.6. The zero-order chi connectivity index (χ0) is 31.6. The lowest BCUT2D eigenvalue weighted by atomic mass is 9.86. The van der Waals surface area contributed by atoms with Crippen molar-refractivity contribution in [2.75, 3.05) is 13.2 Å². The van der Waals surface area contributed by atoms with E-state index in [4.69, 9.17) is 18.9 Å². The Bertz CT molecular complexity index is 1420. The SMILES string of the molecule is CCCCCc1ccc2c(OCC(=O)OC(C)C3CCCCC3)c3ccccc3c(OCC(=O)OC(C)C3CCCCC3)c2c1. The van der Waals surface area contributed by atoms with Crippen molar-refractivity contribution in [1.82, 2.24) is 0 Å². The van der Waals surface area contributed by atoms with Crippen LogP contribution in [-0.4, -0.2) is 37.4 Å². The number of benzene rings is 3. The number of unbranched alkanes of at least 4 members (excludes halogenated alkanes) is 2. The van der Waals surface area contributed by atoms with Gasteiger partial charge in [0.1, 0.15) is 23.7 Å². The lowest BCUT2D eigenvalue weighted by molar-refractivity contribution is -0.154. The van der Waals surface area contributed by atoms with Crippen molar-refractivity contribution < 1.29 is 28.5 Å². The number of ether oxygens (including phenoxy) is 4. The summed E-state index contributed by atoms with van der Waals surface area (Å²) in [5, 5.41) is 3.38. The molecule has 0 amide bonds. The van der Waals surface area contributed by atoms with Crippen LogP contribution in [0.5, 0.6) is 11.5 Å². The Balaban J connectivity index is 1.39. The fraction of sp³-hybridized carbons (Fsp3) is 0.590. The summed E-state index contributed by atoms with van der Waals surface area (Å²) in [6.45, 7) is 5.89. The van der Waals surface area contributed by atoms with Crippen LogP contribution in [0.4, 0.5) is 0 Å². The standard InChI is InChI=1S/C39H52O6/c1-4-5-8-15-29-22-23-34-35(24-29)39(43-26-37(41)45-28(3)31-18-11-7-12-19-31)33-21-14-13-20-32(33)38(34)42-25-36(40)44-27(2)30-16-9-6-10-17-30/h13-14,20-24,27-28,30-31H,4-12,15-19,25-26H2,1-3H3. The number of carbonyl (C=O) groups is 2. The van der Waals surface area contributed by atoms with Crippen LogP contribution < -0.4 is 9.47 Å². The fourth-order valence-corrected chi connectivity index (χ4v) is 7.34. The first-order valence-corrected chi connectivity index (χ1v) is 17.6. The van der Waals surface area contributed by atoms with Crippen LogP contribution in [-0.2, 0) is 25.5 Å². The second-order valence-corrected chi connectivity index (χ2v) is 13.3. The maximum atomic E-state index is 13.0. The van der Waals surface area contributed by atoms with Gasteiger partial charge < -0.3 is 18.9 Å². The molecular formula is C39H52O6. The van der Waals surface area contributed by atoms with E-state index >= 15 is 0 Å². The average molecular weight is 617 g/mol. The molecule has 0 aliphatic heterocycles. The molecule has 0 heterocycles. The van der Waals surface area contributed by atoms with E-state index in [2.05, 4.69) is 25.1 Å². The van der Waals surface area contributed by atoms with E-state index in [1.807, 2.05) is 38.1 Å². The minimum absolute atomic E-state index is 0.114. The minimum atomic E-state index is -0.350. The summed E-state index contributed by atoms with van der Waals surface area (Å²) in [7, 11) is 0. The molecule has 0 spiro atoms. The molecule has 0 N–H and O–H groups in total. The van der Waals surface area contributed by atoms with Crippen molar-refractivity contribution in [3.8, 4) is 11.5 Å². The van der Waals surface area contributed by atoms with E-state index in [9.17, 15) is 9.59 Å². The predicted octanol–water partition coefficient (Wildman–Crippen LogP) is 9.51. The molecule has 2 unspecified atom stereocenters. The molecule has 6 heteroatoms. The summed E-state index contributed by atoms with van der Waals surface area (Å²) in [5.74, 6) is 1.41. The Morgan fingerprint density at radius 3 is 1.67 bits per heavy atom. The van der Waals surface area contributed by atoms with Crippen molar-refractivity contribution >= 4 is 33.5 Å². The van der Waals surface area contributed by atoms with E-state index in [0.29, 0.717) is 23.3 Å². The van der Waals surface area contributed by atoms with Gasteiger partial charge >= 0.3 is 11.9 Å². The maximum Gasteiger partial charge on any atom is 0.344 e. The van der Waals surface area contributed by atoms with Gasteiger partial charge in [-0.15, -0.1) is 0 Å². The van der Waals surface area contributed by atoms with Crippen molar-refractivity contribution in [1.29, 1.82) is 0 Å². The van der Waals surface area contributed by atoms with E-state index in [1.54, 1.807) is 0 Å². The lowest BCUT2D eigenvalue weighted by Gasteiger charge is -2.27. The summed E-state index contributed by atoms with van der Waals surface area (Å²) in [6.07, 6.45) is 15.9.